The number of hydrogen-bond acceptors (Lipinski definition) is 4. The van der Waals surface area contributed by atoms with Crippen molar-refractivity contribution in [2.45, 2.75) is 9.79 Å². The van der Waals surface area contributed by atoms with E-state index in [2.05, 4.69) is 95.9 Å². The van der Waals surface area contributed by atoms with Crippen molar-refractivity contribution in [2.75, 3.05) is 23.1 Å². The van der Waals surface area contributed by atoms with Crippen LogP contribution in [0.1, 0.15) is 0 Å². The smallest absolute Gasteiger partial charge is 0.0385 e. The molecule has 0 aromatic heterocycles. The Morgan fingerprint density at radius 1 is 0.458 bits per heavy atom. The Hall–Kier alpha value is -2.04. The molecular formula is C20H20N2S2. The molecular weight excluding hydrogens is 332 g/mol. The number of hydrogen-bond donors (Lipinski definition) is 2. The van der Waals surface area contributed by atoms with E-state index < -0.39 is 0 Å². The molecule has 0 spiro atoms. The summed E-state index contributed by atoms with van der Waals surface area (Å²) in [5.74, 6) is 0. The third-order valence-electron chi connectivity index (χ3n) is 3.64. The van der Waals surface area contributed by atoms with Crippen molar-refractivity contribution in [3.63, 3.8) is 0 Å². The number of anilines is 4. The van der Waals surface area contributed by atoms with Crippen LogP contribution in [0.25, 0.3) is 0 Å². The summed E-state index contributed by atoms with van der Waals surface area (Å²) < 4.78 is 0. The molecule has 0 fully saturated rings. The van der Waals surface area contributed by atoms with Crippen LogP contribution in [0.3, 0.4) is 0 Å². The Bertz CT molecular complexity index is 698. The van der Waals surface area contributed by atoms with Gasteiger partial charge in [0.05, 0.1) is 0 Å². The fourth-order valence-corrected chi connectivity index (χ4v) is 3.14. The maximum atomic E-state index is 3.42. The molecule has 0 aliphatic carbocycles. The first-order valence-electron chi connectivity index (χ1n) is 7.69. The maximum Gasteiger partial charge on any atom is 0.0385 e. The van der Waals surface area contributed by atoms with Gasteiger partial charge in [-0.2, -0.15) is 0 Å². The molecule has 2 N–H and O–H groups in total. The molecule has 0 heterocycles. The predicted octanol–water partition coefficient (Wildman–Crippen LogP) is 6.62. The summed E-state index contributed by atoms with van der Waals surface area (Å²) in [4.78, 5) is 2.54. The van der Waals surface area contributed by atoms with Gasteiger partial charge in [0.2, 0.25) is 0 Å². The molecule has 0 amide bonds. The second-order valence-electron chi connectivity index (χ2n) is 5.28. The zero-order chi connectivity index (χ0) is 16.8. The molecule has 0 saturated heterocycles. The average molecular weight is 353 g/mol. The highest BCUT2D eigenvalue weighted by molar-refractivity contribution is 7.98. The second-order valence-corrected chi connectivity index (χ2v) is 7.04. The predicted molar refractivity (Wildman–Crippen MR) is 109 cm³/mol. The second kappa shape index (κ2) is 8.18. The average Bonchev–Trinajstić information content (AvgIpc) is 2.65. The molecule has 0 bridgehead atoms. The minimum atomic E-state index is 1.08. The fourth-order valence-electron chi connectivity index (χ4n) is 2.32. The van der Waals surface area contributed by atoms with Crippen molar-refractivity contribution in [3.05, 3.63) is 72.8 Å². The summed E-state index contributed by atoms with van der Waals surface area (Å²) in [6.45, 7) is 0. The van der Waals surface area contributed by atoms with Crippen molar-refractivity contribution >= 4 is 46.3 Å². The van der Waals surface area contributed by atoms with Gasteiger partial charge < -0.3 is 10.6 Å². The molecule has 4 heteroatoms. The van der Waals surface area contributed by atoms with E-state index in [1.54, 1.807) is 23.5 Å². The molecule has 0 aliphatic heterocycles. The Morgan fingerprint density at radius 3 is 0.958 bits per heavy atom. The SMILES string of the molecule is CSc1ccc(Nc2ccc(Nc3ccc(SC)cc3)cc2)cc1. The van der Waals surface area contributed by atoms with Gasteiger partial charge in [-0.25, -0.2) is 0 Å². The first-order chi connectivity index (χ1) is 11.8. The van der Waals surface area contributed by atoms with Crippen LogP contribution in [0, 0.1) is 0 Å². The third-order valence-corrected chi connectivity index (χ3v) is 5.13. The summed E-state index contributed by atoms with van der Waals surface area (Å²) in [5.41, 5.74) is 4.35. The first kappa shape index (κ1) is 16.8. The number of rotatable bonds is 6. The monoisotopic (exact) mass is 352 g/mol. The Balaban J connectivity index is 1.63. The largest absolute Gasteiger partial charge is 0.356 e. The van der Waals surface area contributed by atoms with E-state index in [0.29, 0.717) is 0 Å². The van der Waals surface area contributed by atoms with Crippen LogP contribution in [0.15, 0.2) is 82.6 Å². The molecule has 24 heavy (non-hydrogen) atoms. The molecule has 3 rings (SSSR count). The van der Waals surface area contributed by atoms with Gasteiger partial charge in [-0.05, 0) is 85.3 Å². The van der Waals surface area contributed by atoms with E-state index in [1.807, 2.05) is 0 Å². The molecule has 0 aliphatic rings. The zero-order valence-corrected chi connectivity index (χ0v) is 15.4. The molecule has 2 nitrogen and oxygen atoms in total. The summed E-state index contributed by atoms with van der Waals surface area (Å²) >= 11 is 3.50. The number of benzene rings is 3. The van der Waals surface area contributed by atoms with Crippen LogP contribution in [0.4, 0.5) is 22.7 Å². The van der Waals surface area contributed by atoms with E-state index in [0.717, 1.165) is 22.7 Å². The highest BCUT2D eigenvalue weighted by atomic mass is 32.2. The van der Waals surface area contributed by atoms with Crippen molar-refractivity contribution in [2.24, 2.45) is 0 Å². The van der Waals surface area contributed by atoms with Gasteiger partial charge in [0.15, 0.2) is 0 Å². The molecule has 0 saturated carbocycles. The Kier molecular flexibility index (Phi) is 5.72. The molecule has 0 radical (unpaired) electrons. The van der Waals surface area contributed by atoms with Gasteiger partial charge >= 0.3 is 0 Å². The standard InChI is InChI=1S/C20H20N2S2/c1-23-19-11-7-17(8-12-19)21-15-3-5-16(6-4-15)22-18-9-13-20(24-2)14-10-18/h3-14,21-22H,1-2H3. The normalized spacial score (nSPS) is 10.4. The fraction of sp³-hybridized carbons (Fsp3) is 0.100. The molecule has 0 unspecified atom stereocenters. The van der Waals surface area contributed by atoms with Crippen molar-refractivity contribution in [3.8, 4) is 0 Å². The quantitative estimate of drug-likeness (QED) is 0.487. The van der Waals surface area contributed by atoms with Crippen LogP contribution in [0.5, 0.6) is 0 Å². The van der Waals surface area contributed by atoms with E-state index in [-0.39, 0.29) is 0 Å². The van der Waals surface area contributed by atoms with Gasteiger partial charge in [0.1, 0.15) is 0 Å². The Labute approximate surface area is 152 Å². The van der Waals surface area contributed by atoms with Crippen LogP contribution in [0.2, 0.25) is 0 Å². The maximum absolute atomic E-state index is 3.42. The molecule has 3 aromatic rings. The van der Waals surface area contributed by atoms with E-state index >= 15 is 0 Å². The summed E-state index contributed by atoms with van der Waals surface area (Å²) in [7, 11) is 0. The lowest BCUT2D eigenvalue weighted by atomic mass is 10.2. The van der Waals surface area contributed by atoms with E-state index in [1.165, 1.54) is 9.79 Å². The van der Waals surface area contributed by atoms with Crippen LogP contribution in [-0.4, -0.2) is 12.5 Å². The van der Waals surface area contributed by atoms with Crippen LogP contribution in [-0.2, 0) is 0 Å². The van der Waals surface area contributed by atoms with E-state index in [9.17, 15) is 0 Å². The summed E-state index contributed by atoms with van der Waals surface area (Å²) in [5, 5.41) is 6.84. The minimum absolute atomic E-state index is 1.08. The third kappa shape index (κ3) is 4.49. The van der Waals surface area contributed by atoms with Crippen LogP contribution >= 0.6 is 23.5 Å². The van der Waals surface area contributed by atoms with Gasteiger partial charge in [0, 0.05) is 32.5 Å². The summed E-state index contributed by atoms with van der Waals surface area (Å²) in [6.07, 6.45) is 4.17. The number of thioether (sulfide) groups is 2. The van der Waals surface area contributed by atoms with Crippen molar-refractivity contribution in [1.82, 2.24) is 0 Å². The highest BCUT2D eigenvalue weighted by Gasteiger charge is 1.98. The lowest BCUT2D eigenvalue weighted by Crippen LogP contribution is -1.92. The first-order valence-corrected chi connectivity index (χ1v) is 10.1. The lowest BCUT2D eigenvalue weighted by Gasteiger charge is -2.10. The van der Waals surface area contributed by atoms with Gasteiger partial charge in [0.25, 0.3) is 0 Å². The lowest BCUT2D eigenvalue weighted by molar-refractivity contribution is 1.43. The topological polar surface area (TPSA) is 24.1 Å². The molecule has 3 aromatic carbocycles. The Morgan fingerprint density at radius 2 is 0.708 bits per heavy atom. The van der Waals surface area contributed by atoms with Crippen LogP contribution < -0.4 is 10.6 Å². The molecule has 122 valence electrons. The van der Waals surface area contributed by atoms with Crippen molar-refractivity contribution in [1.29, 1.82) is 0 Å². The molecule has 0 atom stereocenters. The highest BCUT2D eigenvalue weighted by Crippen LogP contribution is 2.24. The summed E-state index contributed by atoms with van der Waals surface area (Å²) in [6, 6.07) is 25.3. The number of nitrogens with one attached hydrogen (secondary N) is 2. The van der Waals surface area contributed by atoms with Gasteiger partial charge in [-0.15, -0.1) is 23.5 Å². The van der Waals surface area contributed by atoms with Crippen molar-refractivity contribution < 1.29 is 0 Å². The van der Waals surface area contributed by atoms with E-state index in [4.69, 9.17) is 0 Å². The van der Waals surface area contributed by atoms with Gasteiger partial charge in [-0.1, -0.05) is 0 Å². The van der Waals surface area contributed by atoms with Gasteiger partial charge in [-0.3, -0.25) is 0 Å². The zero-order valence-electron chi connectivity index (χ0n) is 13.7. The minimum Gasteiger partial charge on any atom is -0.356 e.